The van der Waals surface area contributed by atoms with E-state index in [0.29, 0.717) is 24.0 Å². The van der Waals surface area contributed by atoms with Crippen LogP contribution in [-0.4, -0.2) is 48.6 Å². The maximum absolute atomic E-state index is 11.8. The normalized spacial score (nSPS) is 19.4. The van der Waals surface area contributed by atoms with Crippen molar-refractivity contribution >= 4 is 11.8 Å². The zero-order chi connectivity index (χ0) is 13.7. The van der Waals surface area contributed by atoms with Gasteiger partial charge in [0.2, 0.25) is 0 Å². The number of aromatic nitrogens is 1. The van der Waals surface area contributed by atoms with Gasteiger partial charge in [-0.2, -0.15) is 0 Å². The summed E-state index contributed by atoms with van der Waals surface area (Å²) in [6.07, 6.45) is 4.10. The maximum atomic E-state index is 11.8. The van der Waals surface area contributed by atoms with E-state index in [9.17, 15) is 4.79 Å². The van der Waals surface area contributed by atoms with Crippen LogP contribution in [0.1, 0.15) is 30.1 Å². The first kappa shape index (κ1) is 13.8. The highest BCUT2D eigenvalue weighted by molar-refractivity contribution is 5.94. The van der Waals surface area contributed by atoms with Crippen LogP contribution in [0.15, 0.2) is 18.3 Å². The van der Waals surface area contributed by atoms with Crippen molar-refractivity contribution in [2.75, 3.05) is 32.1 Å². The SMILES string of the molecule is CCOC(=O)c1cccnc1NCC1CCCN1C. The molecule has 104 valence electrons. The highest BCUT2D eigenvalue weighted by Crippen LogP contribution is 2.17. The second kappa shape index (κ2) is 6.52. The van der Waals surface area contributed by atoms with Gasteiger partial charge in [0, 0.05) is 18.8 Å². The Morgan fingerprint density at radius 3 is 3.16 bits per heavy atom. The fourth-order valence-electron chi connectivity index (χ4n) is 2.37. The minimum Gasteiger partial charge on any atom is -0.462 e. The van der Waals surface area contributed by atoms with Gasteiger partial charge in [-0.15, -0.1) is 0 Å². The van der Waals surface area contributed by atoms with Gasteiger partial charge >= 0.3 is 5.97 Å². The van der Waals surface area contributed by atoms with Crippen LogP contribution in [0.2, 0.25) is 0 Å². The molecular weight excluding hydrogens is 242 g/mol. The molecule has 0 aromatic carbocycles. The third-order valence-electron chi connectivity index (χ3n) is 3.48. The van der Waals surface area contributed by atoms with E-state index in [0.717, 1.165) is 13.1 Å². The minimum absolute atomic E-state index is 0.321. The molecule has 1 aromatic rings. The average Bonchev–Trinajstić information content (AvgIpc) is 2.82. The summed E-state index contributed by atoms with van der Waals surface area (Å²) in [6.45, 7) is 4.12. The summed E-state index contributed by atoms with van der Waals surface area (Å²) in [6, 6.07) is 4.00. The number of hydrogen-bond acceptors (Lipinski definition) is 5. The lowest BCUT2D eigenvalue weighted by atomic mass is 10.2. The van der Waals surface area contributed by atoms with Gasteiger partial charge < -0.3 is 15.0 Å². The number of pyridine rings is 1. The third kappa shape index (κ3) is 3.44. The Hall–Kier alpha value is -1.62. The van der Waals surface area contributed by atoms with Crippen molar-refractivity contribution in [2.24, 2.45) is 0 Å². The molecule has 5 heteroatoms. The summed E-state index contributed by atoms with van der Waals surface area (Å²) in [4.78, 5) is 18.4. The zero-order valence-corrected chi connectivity index (χ0v) is 11.6. The lowest BCUT2D eigenvalue weighted by Gasteiger charge is -2.20. The maximum Gasteiger partial charge on any atom is 0.341 e. The Kier molecular flexibility index (Phi) is 4.74. The van der Waals surface area contributed by atoms with Crippen molar-refractivity contribution in [3.8, 4) is 0 Å². The number of likely N-dealkylation sites (N-methyl/N-ethyl adjacent to an activating group) is 1. The Morgan fingerprint density at radius 2 is 2.47 bits per heavy atom. The number of carbonyl (C=O) groups excluding carboxylic acids is 1. The molecule has 1 aliphatic heterocycles. The molecule has 5 nitrogen and oxygen atoms in total. The Balaban J connectivity index is 2.01. The van der Waals surface area contributed by atoms with Crippen LogP contribution in [-0.2, 0) is 4.74 Å². The molecule has 1 atom stereocenters. The van der Waals surface area contributed by atoms with E-state index in [1.807, 2.05) is 0 Å². The van der Waals surface area contributed by atoms with Crippen LogP contribution < -0.4 is 5.32 Å². The molecule has 19 heavy (non-hydrogen) atoms. The lowest BCUT2D eigenvalue weighted by Crippen LogP contribution is -2.32. The monoisotopic (exact) mass is 263 g/mol. The first-order valence-electron chi connectivity index (χ1n) is 6.78. The summed E-state index contributed by atoms with van der Waals surface area (Å²) in [7, 11) is 2.13. The van der Waals surface area contributed by atoms with Crippen LogP contribution in [0.4, 0.5) is 5.82 Å². The number of ether oxygens (including phenoxy) is 1. The van der Waals surface area contributed by atoms with Crippen LogP contribution in [0.3, 0.4) is 0 Å². The molecule has 1 aliphatic rings. The topological polar surface area (TPSA) is 54.5 Å². The quantitative estimate of drug-likeness (QED) is 0.820. The molecule has 1 saturated heterocycles. The summed E-state index contributed by atoms with van der Waals surface area (Å²) < 4.78 is 5.03. The van der Waals surface area contributed by atoms with Gasteiger partial charge in [0.15, 0.2) is 0 Å². The van der Waals surface area contributed by atoms with Gasteiger partial charge in [0.05, 0.1) is 6.61 Å². The Labute approximate surface area is 114 Å². The van der Waals surface area contributed by atoms with Crippen molar-refractivity contribution in [1.29, 1.82) is 0 Å². The van der Waals surface area contributed by atoms with E-state index in [1.165, 1.54) is 12.8 Å². The summed E-state index contributed by atoms with van der Waals surface area (Å²) in [5.41, 5.74) is 0.505. The molecule has 0 radical (unpaired) electrons. The number of nitrogens with one attached hydrogen (secondary N) is 1. The molecule has 0 bridgehead atoms. The predicted octanol–water partition coefficient (Wildman–Crippen LogP) is 1.76. The number of rotatable bonds is 5. The highest BCUT2D eigenvalue weighted by atomic mass is 16.5. The van der Waals surface area contributed by atoms with E-state index >= 15 is 0 Å². The van der Waals surface area contributed by atoms with E-state index in [1.54, 1.807) is 25.3 Å². The number of carbonyl (C=O) groups is 1. The molecule has 0 spiro atoms. The first-order valence-corrected chi connectivity index (χ1v) is 6.78. The average molecular weight is 263 g/mol. The van der Waals surface area contributed by atoms with Gasteiger partial charge in [0.1, 0.15) is 11.4 Å². The minimum atomic E-state index is -0.321. The van der Waals surface area contributed by atoms with Crippen molar-refractivity contribution in [1.82, 2.24) is 9.88 Å². The lowest BCUT2D eigenvalue weighted by molar-refractivity contribution is 0.0527. The number of esters is 1. The van der Waals surface area contributed by atoms with E-state index < -0.39 is 0 Å². The van der Waals surface area contributed by atoms with Crippen LogP contribution >= 0.6 is 0 Å². The van der Waals surface area contributed by atoms with Crippen LogP contribution in [0, 0.1) is 0 Å². The molecule has 1 N–H and O–H groups in total. The summed E-state index contributed by atoms with van der Waals surface area (Å²) >= 11 is 0. The van der Waals surface area contributed by atoms with Gasteiger partial charge in [-0.05, 0) is 45.5 Å². The van der Waals surface area contributed by atoms with Crippen molar-refractivity contribution in [3.05, 3.63) is 23.9 Å². The molecule has 1 fully saturated rings. The van der Waals surface area contributed by atoms with Gasteiger partial charge in [-0.25, -0.2) is 9.78 Å². The first-order chi connectivity index (χ1) is 9.22. The molecule has 1 aromatic heterocycles. The van der Waals surface area contributed by atoms with Gasteiger partial charge in [-0.3, -0.25) is 0 Å². The van der Waals surface area contributed by atoms with Crippen LogP contribution in [0.25, 0.3) is 0 Å². The molecule has 0 aliphatic carbocycles. The number of likely N-dealkylation sites (tertiary alicyclic amines) is 1. The summed E-state index contributed by atoms with van der Waals surface area (Å²) in [5.74, 6) is 0.291. The molecule has 0 amide bonds. The number of nitrogens with zero attached hydrogens (tertiary/aromatic N) is 2. The Bertz CT molecular complexity index is 436. The van der Waals surface area contributed by atoms with E-state index in [-0.39, 0.29) is 5.97 Å². The molecule has 1 unspecified atom stereocenters. The third-order valence-corrected chi connectivity index (χ3v) is 3.48. The van der Waals surface area contributed by atoms with Gasteiger partial charge in [0.25, 0.3) is 0 Å². The fourth-order valence-corrected chi connectivity index (χ4v) is 2.37. The zero-order valence-electron chi connectivity index (χ0n) is 11.6. The largest absolute Gasteiger partial charge is 0.462 e. The molecule has 0 saturated carbocycles. The molecule has 2 rings (SSSR count). The number of anilines is 1. The standard InChI is InChI=1S/C14H21N3O2/c1-3-19-14(18)12-7-4-8-15-13(12)16-10-11-6-5-9-17(11)2/h4,7-8,11H,3,5-6,9-10H2,1-2H3,(H,15,16). The smallest absolute Gasteiger partial charge is 0.341 e. The second-order valence-corrected chi connectivity index (χ2v) is 4.78. The second-order valence-electron chi connectivity index (χ2n) is 4.78. The predicted molar refractivity (Wildman–Crippen MR) is 74.3 cm³/mol. The molecular formula is C14H21N3O2. The number of hydrogen-bond donors (Lipinski definition) is 1. The fraction of sp³-hybridized carbons (Fsp3) is 0.571. The van der Waals surface area contributed by atoms with Crippen LogP contribution in [0.5, 0.6) is 0 Å². The van der Waals surface area contributed by atoms with E-state index in [4.69, 9.17) is 4.74 Å². The van der Waals surface area contributed by atoms with Crippen molar-refractivity contribution < 1.29 is 9.53 Å². The Morgan fingerprint density at radius 1 is 1.63 bits per heavy atom. The van der Waals surface area contributed by atoms with Gasteiger partial charge in [-0.1, -0.05) is 0 Å². The molecule has 2 heterocycles. The summed E-state index contributed by atoms with van der Waals surface area (Å²) in [5, 5.41) is 3.27. The van der Waals surface area contributed by atoms with Crippen molar-refractivity contribution in [2.45, 2.75) is 25.8 Å². The van der Waals surface area contributed by atoms with Crippen molar-refractivity contribution in [3.63, 3.8) is 0 Å². The highest BCUT2D eigenvalue weighted by Gasteiger charge is 2.21. The van der Waals surface area contributed by atoms with E-state index in [2.05, 4.69) is 22.2 Å².